The van der Waals surface area contributed by atoms with E-state index in [2.05, 4.69) is 0 Å². The zero-order valence-corrected chi connectivity index (χ0v) is 9.14. The molecule has 0 bridgehead atoms. The molecule has 0 unspecified atom stereocenters. The highest BCUT2D eigenvalue weighted by molar-refractivity contribution is 6.05. The van der Waals surface area contributed by atoms with Crippen LogP contribution in [-0.4, -0.2) is 22.8 Å². The summed E-state index contributed by atoms with van der Waals surface area (Å²) in [7, 11) is 0. The Labute approximate surface area is 94.0 Å². The third kappa shape index (κ3) is 1.97. The van der Waals surface area contributed by atoms with Crippen LogP contribution in [0.3, 0.4) is 0 Å². The number of carbonyl (C=O) groups is 2. The molecule has 0 aromatic heterocycles. The molecule has 1 aromatic carbocycles. The Morgan fingerprint density at radius 3 is 2.44 bits per heavy atom. The van der Waals surface area contributed by atoms with Gasteiger partial charge in [0.1, 0.15) is 0 Å². The standard InChI is InChI=1S/C12H14N2O2/c1-8-2-4-9(5-3-8)7-14-11(15)6-10(13)12(14)16/h2-5,10H,6-7,13H2,1H3/t10-/m1/s1. The van der Waals surface area contributed by atoms with Gasteiger partial charge in [0.2, 0.25) is 11.8 Å². The number of hydrogen-bond donors (Lipinski definition) is 1. The van der Waals surface area contributed by atoms with E-state index in [1.807, 2.05) is 31.2 Å². The van der Waals surface area contributed by atoms with Gasteiger partial charge in [-0.2, -0.15) is 0 Å². The molecule has 1 saturated heterocycles. The van der Waals surface area contributed by atoms with E-state index in [4.69, 9.17) is 5.73 Å². The van der Waals surface area contributed by atoms with E-state index in [1.54, 1.807) is 0 Å². The molecule has 2 amide bonds. The van der Waals surface area contributed by atoms with Crippen molar-refractivity contribution in [3.05, 3.63) is 35.4 Å². The Kier molecular flexibility index (Phi) is 2.75. The quantitative estimate of drug-likeness (QED) is 0.738. The number of rotatable bonds is 2. The molecular weight excluding hydrogens is 204 g/mol. The first-order valence-electron chi connectivity index (χ1n) is 5.23. The second kappa shape index (κ2) is 4.06. The molecule has 2 N–H and O–H groups in total. The fourth-order valence-electron chi connectivity index (χ4n) is 1.75. The van der Waals surface area contributed by atoms with Crippen LogP contribution in [-0.2, 0) is 16.1 Å². The second-order valence-corrected chi connectivity index (χ2v) is 4.11. The first kappa shape index (κ1) is 10.8. The number of nitrogens with zero attached hydrogens (tertiary/aromatic N) is 1. The Bertz CT molecular complexity index is 425. The van der Waals surface area contributed by atoms with E-state index < -0.39 is 6.04 Å². The average molecular weight is 218 g/mol. The summed E-state index contributed by atoms with van der Waals surface area (Å²) in [6.45, 7) is 2.32. The van der Waals surface area contributed by atoms with Gasteiger partial charge < -0.3 is 5.73 Å². The topological polar surface area (TPSA) is 63.4 Å². The van der Waals surface area contributed by atoms with Crippen LogP contribution in [0.2, 0.25) is 0 Å². The molecule has 0 radical (unpaired) electrons. The van der Waals surface area contributed by atoms with Crippen molar-refractivity contribution >= 4 is 11.8 Å². The third-order valence-corrected chi connectivity index (χ3v) is 2.74. The smallest absolute Gasteiger partial charge is 0.246 e. The molecule has 1 aromatic rings. The van der Waals surface area contributed by atoms with E-state index in [0.29, 0.717) is 6.54 Å². The van der Waals surface area contributed by atoms with Crippen LogP contribution in [0.15, 0.2) is 24.3 Å². The molecule has 1 heterocycles. The average Bonchev–Trinajstić information content (AvgIpc) is 2.48. The molecule has 4 heteroatoms. The zero-order chi connectivity index (χ0) is 11.7. The summed E-state index contributed by atoms with van der Waals surface area (Å²) in [4.78, 5) is 24.3. The second-order valence-electron chi connectivity index (χ2n) is 4.11. The molecule has 1 aliphatic rings. The first-order chi connectivity index (χ1) is 7.58. The predicted octanol–water partition coefficient (Wildman–Crippen LogP) is 0.581. The lowest BCUT2D eigenvalue weighted by molar-refractivity contribution is -0.139. The molecule has 0 saturated carbocycles. The maximum atomic E-state index is 11.6. The molecule has 0 aliphatic carbocycles. The van der Waals surface area contributed by atoms with Crippen molar-refractivity contribution in [2.45, 2.75) is 25.9 Å². The van der Waals surface area contributed by atoms with Gasteiger partial charge in [0.25, 0.3) is 0 Å². The van der Waals surface area contributed by atoms with Crippen LogP contribution in [0.5, 0.6) is 0 Å². The zero-order valence-electron chi connectivity index (χ0n) is 9.14. The van der Waals surface area contributed by atoms with Gasteiger partial charge in [-0.25, -0.2) is 0 Å². The molecule has 0 spiro atoms. The number of imide groups is 1. The highest BCUT2D eigenvalue weighted by atomic mass is 16.2. The van der Waals surface area contributed by atoms with Crippen LogP contribution in [0.4, 0.5) is 0 Å². The number of benzene rings is 1. The summed E-state index contributed by atoms with van der Waals surface area (Å²) in [6.07, 6.45) is 0.130. The lowest BCUT2D eigenvalue weighted by Gasteiger charge is -2.14. The largest absolute Gasteiger partial charge is 0.319 e. The van der Waals surface area contributed by atoms with Gasteiger partial charge in [-0.3, -0.25) is 14.5 Å². The minimum atomic E-state index is -0.655. The van der Waals surface area contributed by atoms with E-state index in [9.17, 15) is 9.59 Å². The summed E-state index contributed by atoms with van der Waals surface area (Å²) in [5.41, 5.74) is 7.62. The van der Waals surface area contributed by atoms with Gasteiger partial charge in [0, 0.05) is 0 Å². The van der Waals surface area contributed by atoms with E-state index in [-0.39, 0.29) is 18.2 Å². The molecule has 2 rings (SSSR count). The lowest BCUT2D eigenvalue weighted by Crippen LogP contribution is -2.34. The summed E-state index contributed by atoms with van der Waals surface area (Å²) in [5.74, 6) is -0.455. The number of hydrogen-bond acceptors (Lipinski definition) is 3. The van der Waals surface area contributed by atoms with Crippen molar-refractivity contribution in [1.82, 2.24) is 4.90 Å². The van der Waals surface area contributed by atoms with Crippen molar-refractivity contribution in [2.24, 2.45) is 5.73 Å². The summed E-state index contributed by atoms with van der Waals surface area (Å²) < 4.78 is 0. The fraction of sp³-hybridized carbons (Fsp3) is 0.333. The Hall–Kier alpha value is -1.68. The molecule has 1 fully saturated rings. The van der Waals surface area contributed by atoms with E-state index >= 15 is 0 Å². The minimum absolute atomic E-state index is 0.130. The van der Waals surface area contributed by atoms with Crippen LogP contribution < -0.4 is 5.73 Å². The highest BCUT2D eigenvalue weighted by Crippen LogP contribution is 2.15. The van der Waals surface area contributed by atoms with Gasteiger partial charge in [-0.05, 0) is 12.5 Å². The fourth-order valence-corrected chi connectivity index (χ4v) is 1.75. The van der Waals surface area contributed by atoms with Gasteiger partial charge in [0.05, 0.1) is 19.0 Å². The predicted molar refractivity (Wildman–Crippen MR) is 59.3 cm³/mol. The number of nitrogens with two attached hydrogens (primary N) is 1. The number of amides is 2. The monoisotopic (exact) mass is 218 g/mol. The van der Waals surface area contributed by atoms with Crippen molar-refractivity contribution in [3.8, 4) is 0 Å². The van der Waals surface area contributed by atoms with Gasteiger partial charge in [0.15, 0.2) is 0 Å². The van der Waals surface area contributed by atoms with Crippen LogP contribution in [0, 0.1) is 6.92 Å². The van der Waals surface area contributed by atoms with E-state index in [1.165, 1.54) is 4.90 Å². The molecular formula is C12H14N2O2. The maximum Gasteiger partial charge on any atom is 0.246 e. The molecule has 1 atom stereocenters. The highest BCUT2D eigenvalue weighted by Gasteiger charge is 2.35. The van der Waals surface area contributed by atoms with Crippen molar-refractivity contribution in [2.75, 3.05) is 0 Å². The maximum absolute atomic E-state index is 11.6. The third-order valence-electron chi connectivity index (χ3n) is 2.74. The van der Waals surface area contributed by atoms with Crippen LogP contribution in [0.1, 0.15) is 17.5 Å². The number of likely N-dealkylation sites (tertiary alicyclic amines) is 1. The molecule has 16 heavy (non-hydrogen) atoms. The normalized spacial score (nSPS) is 20.6. The van der Waals surface area contributed by atoms with Crippen molar-refractivity contribution < 1.29 is 9.59 Å². The summed E-state index contributed by atoms with van der Waals surface area (Å²) in [5, 5.41) is 0. The summed E-state index contributed by atoms with van der Waals surface area (Å²) >= 11 is 0. The van der Waals surface area contributed by atoms with Crippen molar-refractivity contribution in [3.63, 3.8) is 0 Å². The number of carbonyl (C=O) groups excluding carboxylic acids is 2. The SMILES string of the molecule is Cc1ccc(CN2C(=O)C[C@@H](N)C2=O)cc1. The Morgan fingerprint density at radius 1 is 1.31 bits per heavy atom. The lowest BCUT2D eigenvalue weighted by atomic mass is 10.1. The van der Waals surface area contributed by atoms with Gasteiger partial charge >= 0.3 is 0 Å². The Balaban J connectivity index is 2.13. The van der Waals surface area contributed by atoms with Crippen LogP contribution >= 0.6 is 0 Å². The molecule has 1 aliphatic heterocycles. The Morgan fingerprint density at radius 2 is 1.94 bits per heavy atom. The van der Waals surface area contributed by atoms with Crippen LogP contribution in [0.25, 0.3) is 0 Å². The first-order valence-corrected chi connectivity index (χ1v) is 5.23. The minimum Gasteiger partial charge on any atom is -0.319 e. The van der Waals surface area contributed by atoms with Gasteiger partial charge in [-0.1, -0.05) is 29.8 Å². The molecule has 84 valence electrons. The van der Waals surface area contributed by atoms with Gasteiger partial charge in [-0.15, -0.1) is 0 Å². The molecule has 4 nitrogen and oxygen atoms in total. The van der Waals surface area contributed by atoms with E-state index in [0.717, 1.165) is 11.1 Å². The van der Waals surface area contributed by atoms with Crippen molar-refractivity contribution in [1.29, 1.82) is 0 Å². The summed E-state index contributed by atoms with van der Waals surface area (Å²) in [6, 6.07) is 7.10. The number of aryl methyl sites for hydroxylation is 1.